The Balaban J connectivity index is 1.28. The number of ether oxygens (including phenoxy) is 1. The number of thiocarbonyl (C=S) groups is 1. The highest BCUT2D eigenvalue weighted by Gasteiger charge is 2.59. The Bertz CT molecular complexity index is 1480. The average Bonchev–Trinajstić information content (AvgIpc) is 3.22. The van der Waals surface area contributed by atoms with Crippen LogP contribution in [0.3, 0.4) is 0 Å². The summed E-state index contributed by atoms with van der Waals surface area (Å²) in [6, 6.07) is 8.71. The molecule has 1 N–H and O–H groups in total. The van der Waals surface area contributed by atoms with Gasteiger partial charge in [0.25, 0.3) is 11.8 Å². The molecular weight excluding hydrogens is 585 g/mol. The molecule has 3 aliphatic rings. The SMILES string of the molecule is CCOC(=O)N1CCC(CNC(=O)c2ccc(N3C(=S)N(c4cnc(C#N)c(C(F)(F)F)c4)C(=O)C34CCC4)cc2)CC1. The first kappa shape index (κ1) is 30.2. The number of alkyl halides is 3. The molecule has 2 saturated heterocycles. The zero-order valence-electron chi connectivity index (χ0n) is 23.3. The van der Waals surface area contributed by atoms with Crippen LogP contribution in [0.1, 0.15) is 60.6 Å². The molecule has 10 nitrogen and oxygen atoms in total. The maximum absolute atomic E-state index is 13.7. The lowest BCUT2D eigenvalue weighted by molar-refractivity contribution is -0.138. The van der Waals surface area contributed by atoms with Crippen molar-refractivity contribution in [2.24, 2.45) is 5.92 Å². The van der Waals surface area contributed by atoms with Crippen molar-refractivity contribution in [2.45, 2.75) is 50.7 Å². The fraction of sp³-hybridized carbons (Fsp3) is 0.448. The van der Waals surface area contributed by atoms with E-state index >= 15 is 0 Å². The van der Waals surface area contributed by atoms with E-state index in [1.54, 1.807) is 41.0 Å². The summed E-state index contributed by atoms with van der Waals surface area (Å²) in [5.74, 6) is -0.511. The molecule has 3 heterocycles. The number of likely N-dealkylation sites (tertiary alicyclic amines) is 1. The molecule has 14 heteroatoms. The van der Waals surface area contributed by atoms with Gasteiger partial charge in [0, 0.05) is 30.9 Å². The van der Waals surface area contributed by atoms with Crippen LogP contribution in [0.4, 0.5) is 29.3 Å². The third-order valence-electron chi connectivity index (χ3n) is 8.21. The molecule has 1 aromatic carbocycles. The minimum Gasteiger partial charge on any atom is -0.450 e. The summed E-state index contributed by atoms with van der Waals surface area (Å²) in [4.78, 5) is 46.4. The van der Waals surface area contributed by atoms with Crippen LogP contribution in [-0.4, -0.2) is 64.7 Å². The maximum Gasteiger partial charge on any atom is 0.419 e. The van der Waals surface area contributed by atoms with Crippen LogP contribution in [-0.2, 0) is 15.7 Å². The van der Waals surface area contributed by atoms with Crippen molar-refractivity contribution in [3.8, 4) is 6.07 Å². The molecule has 2 aliphatic heterocycles. The molecule has 0 radical (unpaired) electrons. The molecule has 5 rings (SSSR count). The van der Waals surface area contributed by atoms with Gasteiger partial charge in [-0.15, -0.1) is 0 Å². The Labute approximate surface area is 251 Å². The van der Waals surface area contributed by atoms with Gasteiger partial charge in [0.1, 0.15) is 11.6 Å². The molecule has 0 unspecified atom stereocenters. The lowest BCUT2D eigenvalue weighted by atomic mass is 9.75. The van der Waals surface area contributed by atoms with Crippen LogP contribution in [0.25, 0.3) is 0 Å². The Morgan fingerprint density at radius 1 is 1.19 bits per heavy atom. The van der Waals surface area contributed by atoms with Gasteiger partial charge in [0.15, 0.2) is 10.8 Å². The second kappa shape index (κ2) is 11.8. The number of nitrogens with zero attached hydrogens (tertiary/aromatic N) is 5. The summed E-state index contributed by atoms with van der Waals surface area (Å²) in [6.45, 7) is 3.67. The van der Waals surface area contributed by atoms with Gasteiger partial charge in [-0.3, -0.25) is 14.5 Å². The molecular formula is C29H29F3N6O4S. The molecule has 2 aromatic rings. The van der Waals surface area contributed by atoms with E-state index in [0.717, 1.165) is 36.4 Å². The molecule has 43 heavy (non-hydrogen) atoms. The fourth-order valence-electron chi connectivity index (χ4n) is 5.72. The number of nitriles is 1. The van der Waals surface area contributed by atoms with Crippen molar-refractivity contribution in [3.63, 3.8) is 0 Å². The Kier molecular flexibility index (Phi) is 8.29. The molecule has 0 bridgehead atoms. The number of nitrogens with one attached hydrogen (secondary N) is 1. The van der Waals surface area contributed by atoms with Crippen molar-refractivity contribution in [1.29, 1.82) is 5.26 Å². The highest BCUT2D eigenvalue weighted by molar-refractivity contribution is 7.81. The van der Waals surface area contributed by atoms with Gasteiger partial charge in [0.2, 0.25) is 0 Å². The highest BCUT2D eigenvalue weighted by atomic mass is 32.1. The summed E-state index contributed by atoms with van der Waals surface area (Å²) < 4.78 is 45.9. The number of pyridine rings is 1. The van der Waals surface area contributed by atoms with Gasteiger partial charge in [-0.2, -0.15) is 18.4 Å². The van der Waals surface area contributed by atoms with E-state index in [4.69, 9.17) is 22.2 Å². The summed E-state index contributed by atoms with van der Waals surface area (Å²) in [6.07, 6.45) is -0.991. The standard InChI is InChI=1S/C29H29F3N6O4S/c1-2-42-27(41)36-12-8-18(9-13-36)16-35-24(39)19-4-6-20(7-5-19)38-26(43)37(25(40)28(38)10-3-11-28)21-14-22(29(30,31)32)23(15-33)34-17-21/h4-7,14,17-18H,2-3,8-13,16H2,1H3,(H,35,39). The summed E-state index contributed by atoms with van der Waals surface area (Å²) in [7, 11) is 0. The van der Waals surface area contributed by atoms with Crippen molar-refractivity contribution >= 4 is 46.6 Å². The number of anilines is 2. The number of carbonyl (C=O) groups excluding carboxylic acids is 3. The monoisotopic (exact) mass is 614 g/mol. The van der Waals surface area contributed by atoms with Crippen LogP contribution in [0.15, 0.2) is 36.5 Å². The largest absolute Gasteiger partial charge is 0.450 e. The Morgan fingerprint density at radius 3 is 2.42 bits per heavy atom. The predicted octanol–water partition coefficient (Wildman–Crippen LogP) is 4.63. The number of rotatable bonds is 6. The lowest BCUT2D eigenvalue weighted by Gasteiger charge is -2.43. The number of carbonyl (C=O) groups is 3. The maximum atomic E-state index is 13.7. The van der Waals surface area contributed by atoms with E-state index < -0.39 is 28.9 Å². The number of hydrogen-bond acceptors (Lipinski definition) is 7. The normalized spacial score (nSPS) is 18.4. The van der Waals surface area contributed by atoms with E-state index in [0.29, 0.717) is 50.3 Å². The van der Waals surface area contributed by atoms with Gasteiger partial charge in [-0.05, 0) is 87.5 Å². The predicted molar refractivity (Wildman–Crippen MR) is 153 cm³/mol. The van der Waals surface area contributed by atoms with Crippen LogP contribution < -0.4 is 15.1 Å². The second-order valence-electron chi connectivity index (χ2n) is 10.7. The van der Waals surface area contributed by atoms with Gasteiger partial charge in [0.05, 0.1) is 24.1 Å². The van der Waals surface area contributed by atoms with E-state index in [9.17, 15) is 27.6 Å². The molecule has 3 amide bonds. The number of piperidine rings is 1. The first-order valence-electron chi connectivity index (χ1n) is 14.0. The Morgan fingerprint density at radius 2 is 1.86 bits per heavy atom. The minimum absolute atomic E-state index is 0.00399. The topological polar surface area (TPSA) is 119 Å². The first-order valence-corrected chi connectivity index (χ1v) is 14.4. The smallest absolute Gasteiger partial charge is 0.419 e. The summed E-state index contributed by atoms with van der Waals surface area (Å²) >= 11 is 5.63. The molecule has 1 aliphatic carbocycles. The van der Waals surface area contributed by atoms with Crippen LogP contribution in [0, 0.1) is 17.2 Å². The van der Waals surface area contributed by atoms with Crippen molar-refractivity contribution in [1.82, 2.24) is 15.2 Å². The van der Waals surface area contributed by atoms with Gasteiger partial charge in [-0.25, -0.2) is 9.78 Å². The van der Waals surface area contributed by atoms with Gasteiger partial charge in [-0.1, -0.05) is 0 Å². The molecule has 226 valence electrons. The van der Waals surface area contributed by atoms with Gasteiger partial charge >= 0.3 is 12.3 Å². The Hall–Kier alpha value is -4.25. The highest BCUT2D eigenvalue weighted by Crippen LogP contribution is 2.48. The zero-order chi connectivity index (χ0) is 30.9. The molecule has 1 spiro atoms. The molecule has 3 fully saturated rings. The van der Waals surface area contributed by atoms with E-state index in [1.165, 1.54) is 6.07 Å². The van der Waals surface area contributed by atoms with Crippen LogP contribution >= 0.6 is 12.2 Å². The van der Waals surface area contributed by atoms with Crippen molar-refractivity contribution in [3.05, 3.63) is 53.3 Å². The number of aromatic nitrogens is 1. The summed E-state index contributed by atoms with van der Waals surface area (Å²) in [5.41, 5.74) is -2.33. The number of hydrogen-bond donors (Lipinski definition) is 1. The number of halogens is 3. The number of benzene rings is 1. The van der Waals surface area contributed by atoms with E-state index in [1.807, 2.05) is 0 Å². The zero-order valence-corrected chi connectivity index (χ0v) is 24.1. The quantitative estimate of drug-likeness (QED) is 0.468. The van der Waals surface area contributed by atoms with Crippen LogP contribution in [0.5, 0.6) is 0 Å². The van der Waals surface area contributed by atoms with E-state index in [-0.39, 0.29) is 28.7 Å². The van der Waals surface area contributed by atoms with Crippen LogP contribution in [0.2, 0.25) is 0 Å². The summed E-state index contributed by atoms with van der Waals surface area (Å²) in [5, 5.41) is 12.0. The first-order chi connectivity index (χ1) is 20.5. The number of amides is 3. The third kappa shape index (κ3) is 5.61. The average molecular weight is 615 g/mol. The second-order valence-corrected chi connectivity index (χ2v) is 11.1. The van der Waals surface area contributed by atoms with Crippen molar-refractivity contribution in [2.75, 3.05) is 36.0 Å². The van der Waals surface area contributed by atoms with Crippen molar-refractivity contribution < 1.29 is 32.3 Å². The lowest BCUT2D eigenvalue weighted by Crippen LogP contribution is -2.55. The molecule has 0 atom stereocenters. The fourth-order valence-corrected chi connectivity index (χ4v) is 6.19. The molecule has 1 aromatic heterocycles. The minimum atomic E-state index is -4.84. The van der Waals surface area contributed by atoms with E-state index in [2.05, 4.69) is 10.3 Å². The van der Waals surface area contributed by atoms with Gasteiger partial charge < -0.3 is 19.9 Å². The third-order valence-corrected chi connectivity index (χ3v) is 8.58. The molecule has 1 saturated carbocycles.